The lowest BCUT2D eigenvalue weighted by molar-refractivity contribution is -0.119. The van der Waals surface area contributed by atoms with Crippen molar-refractivity contribution in [2.24, 2.45) is 16.1 Å². The van der Waals surface area contributed by atoms with Crippen molar-refractivity contribution in [3.05, 3.63) is 89.4 Å². The Morgan fingerprint density at radius 2 is 1.61 bits per heavy atom. The summed E-state index contributed by atoms with van der Waals surface area (Å²) in [6.07, 6.45) is 0. The number of aryl methyl sites for hydroxylation is 1. The largest absolute Gasteiger partial charge is 0.321 e. The summed E-state index contributed by atoms with van der Waals surface area (Å²) < 4.78 is 25.7. The molecule has 4 rings (SSSR count). The third kappa shape index (κ3) is 5.45. The lowest BCUT2D eigenvalue weighted by Crippen LogP contribution is -2.40. The van der Waals surface area contributed by atoms with E-state index in [2.05, 4.69) is 20.4 Å². The molecular weight excluding hydrogens is 502 g/mol. The molecule has 3 aromatic rings. The Hall–Kier alpha value is -4.02. The Balaban J connectivity index is 1.69. The van der Waals surface area contributed by atoms with Crippen LogP contribution in [0.5, 0.6) is 0 Å². The lowest BCUT2D eigenvalue weighted by atomic mass is 9.97. The molecule has 1 aliphatic heterocycles. The summed E-state index contributed by atoms with van der Waals surface area (Å²) in [5.41, 5.74) is 1.69. The van der Waals surface area contributed by atoms with Crippen LogP contribution in [0.3, 0.4) is 0 Å². The van der Waals surface area contributed by atoms with E-state index in [-0.39, 0.29) is 16.3 Å². The van der Waals surface area contributed by atoms with Crippen LogP contribution >= 0.6 is 11.6 Å². The van der Waals surface area contributed by atoms with E-state index in [1.54, 1.807) is 73.7 Å². The molecule has 0 bridgehead atoms. The monoisotopic (exact) mass is 523 g/mol. The number of carbonyl (C=O) groups is 2. The number of halogens is 1. The van der Waals surface area contributed by atoms with E-state index in [0.717, 1.165) is 5.56 Å². The number of nitrogens with zero attached hydrogens (tertiary/aromatic N) is 3. The topological polar surface area (TPSA) is 120 Å². The molecule has 2 amide bonds. The van der Waals surface area contributed by atoms with Gasteiger partial charge in [-0.25, -0.2) is 0 Å². The maximum Gasteiger partial charge on any atom is 0.276 e. The number of sulfonamides is 1. The molecule has 1 aliphatic rings. The van der Waals surface area contributed by atoms with Gasteiger partial charge < -0.3 is 5.32 Å². The summed E-state index contributed by atoms with van der Waals surface area (Å²) in [5.74, 6) is -2.52. The van der Waals surface area contributed by atoms with Crippen molar-refractivity contribution in [2.45, 2.75) is 18.7 Å². The standard InChI is InChI=1S/C25H22ClN5O4S/c1-16-8-14-21(15-9-16)36(34,35)30-28-23(24(32)27-19-12-10-18(26)11-13-19)22-17(2)29-31(25(22)33)20-6-4-3-5-7-20/h3-15,22,30H,1-2H3,(H,27,32)/b28-23-/t22-/m0/s1. The smallest absolute Gasteiger partial charge is 0.276 e. The van der Waals surface area contributed by atoms with E-state index in [1.165, 1.54) is 17.1 Å². The Morgan fingerprint density at radius 3 is 2.25 bits per heavy atom. The van der Waals surface area contributed by atoms with Gasteiger partial charge in [0.05, 0.1) is 16.3 Å². The molecule has 0 spiro atoms. The van der Waals surface area contributed by atoms with Gasteiger partial charge in [-0.15, -0.1) is 0 Å². The minimum Gasteiger partial charge on any atom is -0.321 e. The van der Waals surface area contributed by atoms with Crippen LogP contribution in [0.15, 0.2) is 94.0 Å². The summed E-state index contributed by atoms with van der Waals surface area (Å²) in [5, 5.41) is 12.5. The second kappa shape index (κ2) is 10.3. The van der Waals surface area contributed by atoms with Gasteiger partial charge in [-0.1, -0.05) is 47.5 Å². The second-order valence-electron chi connectivity index (χ2n) is 8.03. The van der Waals surface area contributed by atoms with Gasteiger partial charge in [0.2, 0.25) is 0 Å². The molecule has 0 aromatic heterocycles. The Bertz CT molecular complexity index is 1450. The molecule has 0 fully saturated rings. The van der Waals surface area contributed by atoms with Crippen molar-refractivity contribution < 1.29 is 18.0 Å². The molecule has 36 heavy (non-hydrogen) atoms. The van der Waals surface area contributed by atoms with Crippen molar-refractivity contribution in [3.63, 3.8) is 0 Å². The molecule has 3 aromatic carbocycles. The number of amides is 2. The van der Waals surface area contributed by atoms with Crippen LogP contribution in [-0.2, 0) is 19.6 Å². The average molecular weight is 524 g/mol. The summed E-state index contributed by atoms with van der Waals surface area (Å²) in [4.78, 5) is 28.7. The van der Waals surface area contributed by atoms with Gasteiger partial charge in [0.25, 0.3) is 21.8 Å². The number of anilines is 2. The second-order valence-corrected chi connectivity index (χ2v) is 10.1. The summed E-state index contributed by atoms with van der Waals surface area (Å²) in [6, 6.07) is 21.1. The number of para-hydroxylation sites is 1. The first-order chi connectivity index (χ1) is 17.2. The molecule has 0 saturated carbocycles. The minimum absolute atomic E-state index is 0.0386. The zero-order chi connectivity index (χ0) is 25.9. The number of hydrogen-bond donors (Lipinski definition) is 2. The molecule has 1 heterocycles. The van der Waals surface area contributed by atoms with Crippen molar-refractivity contribution in [1.82, 2.24) is 4.83 Å². The Morgan fingerprint density at radius 1 is 0.972 bits per heavy atom. The van der Waals surface area contributed by atoms with Gasteiger partial charge >= 0.3 is 0 Å². The molecule has 2 N–H and O–H groups in total. The van der Waals surface area contributed by atoms with Crippen molar-refractivity contribution in [3.8, 4) is 0 Å². The average Bonchev–Trinajstić information content (AvgIpc) is 3.15. The van der Waals surface area contributed by atoms with E-state index < -0.39 is 27.8 Å². The predicted octanol–water partition coefficient (Wildman–Crippen LogP) is 3.96. The molecule has 9 nitrogen and oxygen atoms in total. The minimum atomic E-state index is -4.11. The molecule has 1 atom stereocenters. The van der Waals surface area contributed by atoms with Crippen molar-refractivity contribution >= 4 is 56.2 Å². The molecular formula is C25H22ClN5O4S. The van der Waals surface area contributed by atoms with Gasteiger partial charge in [-0.3, -0.25) is 9.59 Å². The first-order valence-corrected chi connectivity index (χ1v) is 12.7. The molecule has 0 radical (unpaired) electrons. The van der Waals surface area contributed by atoms with Crippen LogP contribution in [0.1, 0.15) is 12.5 Å². The molecule has 0 unspecified atom stereocenters. The zero-order valence-electron chi connectivity index (χ0n) is 19.3. The maximum absolute atomic E-state index is 13.3. The highest BCUT2D eigenvalue weighted by molar-refractivity contribution is 7.89. The zero-order valence-corrected chi connectivity index (χ0v) is 20.9. The highest BCUT2D eigenvalue weighted by atomic mass is 35.5. The number of hydrazone groups is 2. The lowest BCUT2D eigenvalue weighted by Gasteiger charge is -2.16. The summed E-state index contributed by atoms with van der Waals surface area (Å²) in [6.45, 7) is 3.40. The number of carbonyl (C=O) groups excluding carboxylic acids is 2. The first-order valence-electron chi connectivity index (χ1n) is 10.8. The first kappa shape index (κ1) is 25.1. The van der Waals surface area contributed by atoms with Crippen molar-refractivity contribution in [1.29, 1.82) is 0 Å². The van der Waals surface area contributed by atoms with E-state index >= 15 is 0 Å². The van der Waals surface area contributed by atoms with Crippen LogP contribution in [0.2, 0.25) is 5.02 Å². The Labute approximate surface area is 213 Å². The van der Waals surface area contributed by atoms with Crippen LogP contribution < -0.4 is 15.2 Å². The third-order valence-electron chi connectivity index (χ3n) is 5.36. The van der Waals surface area contributed by atoms with Gasteiger partial charge in [0.1, 0.15) is 11.6 Å². The van der Waals surface area contributed by atoms with Gasteiger partial charge in [0, 0.05) is 10.7 Å². The quantitative estimate of drug-likeness (QED) is 0.359. The van der Waals surface area contributed by atoms with Gasteiger partial charge in [-0.2, -0.15) is 28.5 Å². The van der Waals surface area contributed by atoms with Gasteiger partial charge in [0.15, 0.2) is 0 Å². The summed E-state index contributed by atoms with van der Waals surface area (Å²) >= 11 is 5.92. The van der Waals surface area contributed by atoms with Crippen molar-refractivity contribution in [2.75, 3.05) is 10.3 Å². The highest BCUT2D eigenvalue weighted by Gasteiger charge is 2.41. The molecule has 0 saturated heterocycles. The van der Waals surface area contributed by atoms with Crippen LogP contribution in [0.25, 0.3) is 0 Å². The van der Waals surface area contributed by atoms with E-state index in [4.69, 9.17) is 11.6 Å². The third-order valence-corrected chi connectivity index (χ3v) is 6.83. The van der Waals surface area contributed by atoms with Crippen LogP contribution in [-0.4, -0.2) is 31.7 Å². The van der Waals surface area contributed by atoms with Crippen LogP contribution in [0, 0.1) is 12.8 Å². The predicted molar refractivity (Wildman–Crippen MR) is 140 cm³/mol. The van der Waals surface area contributed by atoms with E-state index in [1.807, 2.05) is 6.92 Å². The fourth-order valence-corrected chi connectivity index (χ4v) is 4.43. The van der Waals surface area contributed by atoms with E-state index in [9.17, 15) is 18.0 Å². The fraction of sp³-hybridized carbons (Fsp3) is 0.120. The number of nitrogens with one attached hydrogen (secondary N) is 2. The van der Waals surface area contributed by atoms with Gasteiger partial charge in [-0.05, 0) is 62.4 Å². The highest BCUT2D eigenvalue weighted by Crippen LogP contribution is 2.25. The fourth-order valence-electron chi connectivity index (χ4n) is 3.49. The number of rotatable bonds is 7. The molecule has 0 aliphatic carbocycles. The maximum atomic E-state index is 13.3. The molecule has 11 heteroatoms. The summed E-state index contributed by atoms with van der Waals surface area (Å²) in [7, 11) is -4.11. The SMILES string of the molecule is CC1=NN(c2ccccc2)C(=O)[C@@H]1/C(=N/NS(=O)(=O)c1ccc(C)cc1)C(=O)Nc1ccc(Cl)cc1. The van der Waals surface area contributed by atoms with E-state index in [0.29, 0.717) is 16.4 Å². The van der Waals surface area contributed by atoms with Crippen LogP contribution in [0.4, 0.5) is 11.4 Å². The number of benzene rings is 3. The Kier molecular flexibility index (Phi) is 7.18. The molecule has 184 valence electrons. The normalized spacial score (nSPS) is 16.0. The number of hydrogen-bond acceptors (Lipinski definition) is 6.